The van der Waals surface area contributed by atoms with Crippen molar-refractivity contribution < 1.29 is 19.0 Å². The van der Waals surface area contributed by atoms with Gasteiger partial charge in [0.1, 0.15) is 0 Å². The molecule has 0 spiro atoms. The molecule has 1 unspecified atom stereocenters. The van der Waals surface area contributed by atoms with Crippen LogP contribution in [0.3, 0.4) is 0 Å². The van der Waals surface area contributed by atoms with E-state index in [4.69, 9.17) is 4.74 Å². The number of para-hydroxylation sites is 1. The molecule has 0 aliphatic rings. The Hall–Kier alpha value is -2.36. The predicted octanol–water partition coefficient (Wildman–Crippen LogP) is 4.39. The summed E-state index contributed by atoms with van der Waals surface area (Å²) in [5.41, 5.74) is 3.84. The van der Waals surface area contributed by atoms with Crippen LogP contribution in [0.5, 0.6) is 5.75 Å². The summed E-state index contributed by atoms with van der Waals surface area (Å²) in [7, 11) is 0. The van der Waals surface area contributed by atoms with Gasteiger partial charge in [0.15, 0.2) is 11.6 Å². The average Bonchev–Trinajstić information content (AvgIpc) is 2.46. The summed E-state index contributed by atoms with van der Waals surface area (Å²) in [6.45, 7) is 5.97. The summed E-state index contributed by atoms with van der Waals surface area (Å²) in [5, 5.41) is 9.57. The third kappa shape index (κ3) is 4.09. The van der Waals surface area contributed by atoms with E-state index in [-0.39, 0.29) is 18.8 Å². The van der Waals surface area contributed by atoms with Gasteiger partial charge in [-0.2, -0.15) is 0 Å². The van der Waals surface area contributed by atoms with E-state index in [2.05, 4.69) is 0 Å². The number of halogens is 1. The van der Waals surface area contributed by atoms with E-state index in [1.54, 1.807) is 12.1 Å². The third-order valence-electron chi connectivity index (χ3n) is 3.89. The molecule has 23 heavy (non-hydrogen) atoms. The van der Waals surface area contributed by atoms with Crippen molar-refractivity contribution in [3.63, 3.8) is 0 Å². The van der Waals surface area contributed by atoms with E-state index < -0.39 is 17.7 Å². The summed E-state index contributed by atoms with van der Waals surface area (Å²) >= 11 is 0. The smallest absolute Gasteiger partial charge is 0.311 e. The van der Waals surface area contributed by atoms with Gasteiger partial charge in [-0.15, -0.1) is 0 Å². The predicted molar refractivity (Wildman–Crippen MR) is 87.5 cm³/mol. The quantitative estimate of drug-likeness (QED) is 0.860. The fraction of sp³-hybridized carbons (Fsp3) is 0.316. The molecule has 1 atom stereocenters. The number of aryl methyl sites for hydroxylation is 3. The lowest BCUT2D eigenvalue weighted by Gasteiger charge is -2.19. The van der Waals surface area contributed by atoms with Gasteiger partial charge in [0.25, 0.3) is 0 Å². The SMILES string of the molecule is Cc1cc(C)c(C(CCOc2ccccc2F)C(=O)O)c(C)c1. The van der Waals surface area contributed by atoms with Crippen LogP contribution >= 0.6 is 0 Å². The van der Waals surface area contributed by atoms with Gasteiger partial charge in [0, 0.05) is 0 Å². The van der Waals surface area contributed by atoms with E-state index in [9.17, 15) is 14.3 Å². The van der Waals surface area contributed by atoms with Gasteiger partial charge < -0.3 is 9.84 Å². The summed E-state index contributed by atoms with van der Waals surface area (Å²) in [6.07, 6.45) is 0.286. The lowest BCUT2D eigenvalue weighted by molar-refractivity contribution is -0.139. The Bertz CT molecular complexity index is 687. The Balaban J connectivity index is 2.14. The van der Waals surface area contributed by atoms with Crippen LogP contribution in [0.2, 0.25) is 0 Å². The third-order valence-corrected chi connectivity index (χ3v) is 3.89. The van der Waals surface area contributed by atoms with Crippen molar-refractivity contribution in [2.75, 3.05) is 6.61 Å². The fourth-order valence-corrected chi connectivity index (χ4v) is 2.98. The molecule has 122 valence electrons. The van der Waals surface area contributed by atoms with Gasteiger partial charge in [-0.1, -0.05) is 29.8 Å². The minimum Gasteiger partial charge on any atom is -0.490 e. The molecule has 2 aromatic rings. The fourth-order valence-electron chi connectivity index (χ4n) is 2.98. The second kappa shape index (κ2) is 7.27. The molecule has 0 bridgehead atoms. The first kappa shape index (κ1) is 17.0. The Morgan fingerprint density at radius 2 is 1.78 bits per heavy atom. The van der Waals surface area contributed by atoms with Gasteiger partial charge in [-0.3, -0.25) is 4.79 Å². The van der Waals surface area contributed by atoms with Gasteiger partial charge in [0.2, 0.25) is 0 Å². The average molecular weight is 316 g/mol. The number of carboxylic acid groups (broad SMARTS) is 1. The van der Waals surface area contributed by atoms with Crippen LogP contribution in [-0.2, 0) is 4.79 Å². The van der Waals surface area contributed by atoms with E-state index >= 15 is 0 Å². The molecule has 0 aromatic heterocycles. The molecule has 3 nitrogen and oxygen atoms in total. The largest absolute Gasteiger partial charge is 0.490 e. The van der Waals surface area contributed by atoms with Gasteiger partial charge >= 0.3 is 5.97 Å². The molecule has 2 rings (SSSR count). The molecule has 0 amide bonds. The zero-order valence-corrected chi connectivity index (χ0v) is 13.6. The number of hydrogen-bond donors (Lipinski definition) is 1. The molecular weight excluding hydrogens is 295 g/mol. The molecule has 2 aromatic carbocycles. The molecule has 0 saturated carbocycles. The minimum absolute atomic E-state index is 0.144. The number of aliphatic carboxylic acids is 1. The Morgan fingerprint density at radius 1 is 1.17 bits per heavy atom. The van der Waals surface area contributed by atoms with Crippen LogP contribution in [0.1, 0.15) is 34.6 Å². The van der Waals surface area contributed by atoms with Crippen molar-refractivity contribution >= 4 is 5.97 Å². The molecule has 0 fully saturated rings. The zero-order valence-electron chi connectivity index (χ0n) is 13.6. The number of hydrogen-bond acceptors (Lipinski definition) is 2. The summed E-state index contributed by atoms with van der Waals surface area (Å²) in [5.74, 6) is -1.85. The molecule has 4 heteroatoms. The first-order valence-electron chi connectivity index (χ1n) is 7.58. The number of rotatable bonds is 6. The molecule has 0 aliphatic carbocycles. The van der Waals surface area contributed by atoms with Crippen molar-refractivity contribution in [3.8, 4) is 5.75 Å². The van der Waals surface area contributed by atoms with Crippen LogP contribution in [-0.4, -0.2) is 17.7 Å². The van der Waals surface area contributed by atoms with Crippen molar-refractivity contribution in [3.05, 3.63) is 64.5 Å². The van der Waals surface area contributed by atoms with E-state index in [0.29, 0.717) is 0 Å². The molecule has 0 saturated heterocycles. The Morgan fingerprint density at radius 3 is 2.35 bits per heavy atom. The van der Waals surface area contributed by atoms with Crippen molar-refractivity contribution in [2.24, 2.45) is 0 Å². The maximum atomic E-state index is 13.5. The maximum Gasteiger partial charge on any atom is 0.311 e. The Labute approximate surface area is 135 Å². The van der Waals surface area contributed by atoms with Gasteiger partial charge in [0.05, 0.1) is 12.5 Å². The highest BCUT2D eigenvalue weighted by molar-refractivity contribution is 5.77. The molecule has 0 aliphatic heterocycles. The number of carboxylic acids is 1. The van der Waals surface area contributed by atoms with E-state index in [0.717, 1.165) is 22.3 Å². The zero-order chi connectivity index (χ0) is 17.0. The lowest BCUT2D eigenvalue weighted by Crippen LogP contribution is -2.17. The Kier molecular flexibility index (Phi) is 5.37. The second-order valence-electron chi connectivity index (χ2n) is 5.77. The highest BCUT2D eigenvalue weighted by atomic mass is 19.1. The van der Waals surface area contributed by atoms with Crippen LogP contribution in [0, 0.1) is 26.6 Å². The summed E-state index contributed by atoms with van der Waals surface area (Å²) in [6, 6.07) is 10.1. The number of ether oxygens (including phenoxy) is 1. The monoisotopic (exact) mass is 316 g/mol. The van der Waals surface area contributed by atoms with Crippen molar-refractivity contribution in [1.82, 2.24) is 0 Å². The van der Waals surface area contributed by atoms with Crippen LogP contribution < -0.4 is 4.74 Å². The van der Waals surface area contributed by atoms with Crippen molar-refractivity contribution in [1.29, 1.82) is 0 Å². The highest BCUT2D eigenvalue weighted by Gasteiger charge is 2.23. The molecule has 1 N–H and O–H groups in total. The first-order chi connectivity index (χ1) is 10.9. The topological polar surface area (TPSA) is 46.5 Å². The van der Waals surface area contributed by atoms with E-state index in [1.165, 1.54) is 12.1 Å². The van der Waals surface area contributed by atoms with Crippen molar-refractivity contribution in [2.45, 2.75) is 33.1 Å². The van der Waals surface area contributed by atoms with Crippen LogP contribution in [0.25, 0.3) is 0 Å². The van der Waals surface area contributed by atoms with Crippen LogP contribution in [0.15, 0.2) is 36.4 Å². The first-order valence-corrected chi connectivity index (χ1v) is 7.58. The molecule has 0 heterocycles. The van der Waals surface area contributed by atoms with Gasteiger partial charge in [-0.25, -0.2) is 4.39 Å². The van der Waals surface area contributed by atoms with E-state index in [1.807, 2.05) is 32.9 Å². The minimum atomic E-state index is -0.891. The number of carbonyl (C=O) groups is 1. The summed E-state index contributed by atoms with van der Waals surface area (Å²) < 4.78 is 18.9. The van der Waals surface area contributed by atoms with Crippen LogP contribution in [0.4, 0.5) is 4.39 Å². The highest BCUT2D eigenvalue weighted by Crippen LogP contribution is 2.28. The van der Waals surface area contributed by atoms with Gasteiger partial charge in [-0.05, 0) is 56.0 Å². The molecular formula is C19H21FO3. The lowest BCUT2D eigenvalue weighted by atomic mass is 9.87. The maximum absolute atomic E-state index is 13.5. The summed E-state index contributed by atoms with van der Waals surface area (Å²) in [4.78, 5) is 11.7. The number of benzene rings is 2. The normalized spacial score (nSPS) is 12.0. The molecule has 0 radical (unpaired) electrons. The second-order valence-corrected chi connectivity index (χ2v) is 5.77. The standard InChI is InChI=1S/C19H21FO3/c1-12-10-13(2)18(14(3)11-12)15(19(21)22)8-9-23-17-7-5-4-6-16(17)20/h4-7,10-11,15H,8-9H2,1-3H3,(H,21,22).